The summed E-state index contributed by atoms with van der Waals surface area (Å²) in [5.41, 5.74) is -0.356. The molecule has 0 aliphatic heterocycles. The first kappa shape index (κ1) is 21.4. The van der Waals surface area contributed by atoms with Crippen LogP contribution in [0, 0.1) is 5.82 Å². The van der Waals surface area contributed by atoms with Gasteiger partial charge in [-0.15, -0.1) is 11.3 Å². The molecule has 2 N–H and O–H groups in total. The summed E-state index contributed by atoms with van der Waals surface area (Å²) in [5.74, 6) is -1.49. The minimum Gasteiger partial charge on any atom is -0.350 e. The molecule has 0 fully saturated rings. The van der Waals surface area contributed by atoms with E-state index in [1.807, 2.05) is 0 Å². The second-order valence-electron chi connectivity index (χ2n) is 6.10. The Morgan fingerprint density at radius 3 is 2.20 bits per heavy atom. The largest absolute Gasteiger partial charge is 0.416 e. The molecule has 0 spiro atoms. The smallest absolute Gasteiger partial charge is 0.350 e. The maximum atomic E-state index is 13.8. The first-order valence-electron chi connectivity index (χ1n) is 8.70. The van der Waals surface area contributed by atoms with Crippen LogP contribution in [0.3, 0.4) is 0 Å². The third-order valence-corrected chi connectivity index (χ3v) is 4.89. The Balaban J connectivity index is 1.48. The van der Waals surface area contributed by atoms with E-state index in [1.165, 1.54) is 11.4 Å². The van der Waals surface area contributed by atoms with E-state index in [2.05, 4.69) is 15.6 Å². The Morgan fingerprint density at radius 1 is 0.933 bits per heavy atom. The minimum atomic E-state index is -4.47. The SMILES string of the molecule is O=C(NCCNC(=O)c1csc(-c2ccccc2F)n1)c1ccc(C(F)(F)F)cc1. The zero-order valence-electron chi connectivity index (χ0n) is 15.3. The molecule has 30 heavy (non-hydrogen) atoms. The predicted molar refractivity (Wildman–Crippen MR) is 104 cm³/mol. The van der Waals surface area contributed by atoms with Gasteiger partial charge >= 0.3 is 6.18 Å². The molecule has 0 bridgehead atoms. The number of benzene rings is 2. The van der Waals surface area contributed by atoms with Crippen molar-refractivity contribution >= 4 is 23.2 Å². The van der Waals surface area contributed by atoms with Gasteiger partial charge in [-0.05, 0) is 36.4 Å². The highest BCUT2D eigenvalue weighted by atomic mass is 32.1. The van der Waals surface area contributed by atoms with Gasteiger partial charge in [-0.1, -0.05) is 12.1 Å². The molecule has 0 aliphatic rings. The lowest BCUT2D eigenvalue weighted by Crippen LogP contribution is -2.34. The molecule has 0 radical (unpaired) electrons. The van der Waals surface area contributed by atoms with Gasteiger partial charge in [0.2, 0.25) is 0 Å². The van der Waals surface area contributed by atoms with Gasteiger partial charge in [0.05, 0.1) is 5.56 Å². The third kappa shape index (κ3) is 5.20. The lowest BCUT2D eigenvalue weighted by Gasteiger charge is -2.08. The molecular weight excluding hydrogens is 422 g/mol. The molecule has 0 saturated heterocycles. The van der Waals surface area contributed by atoms with Crippen LogP contribution in [0.15, 0.2) is 53.9 Å². The number of thiazole rings is 1. The van der Waals surface area contributed by atoms with Crippen LogP contribution in [0.5, 0.6) is 0 Å². The second kappa shape index (κ2) is 9.04. The van der Waals surface area contributed by atoms with Crippen LogP contribution >= 0.6 is 11.3 Å². The monoisotopic (exact) mass is 437 g/mol. The maximum Gasteiger partial charge on any atom is 0.416 e. The van der Waals surface area contributed by atoms with Crippen LogP contribution in [-0.2, 0) is 6.18 Å². The average Bonchev–Trinajstić information content (AvgIpc) is 3.21. The zero-order chi connectivity index (χ0) is 21.7. The highest BCUT2D eigenvalue weighted by Gasteiger charge is 2.30. The van der Waals surface area contributed by atoms with Crippen LogP contribution in [0.2, 0.25) is 0 Å². The van der Waals surface area contributed by atoms with Crippen molar-refractivity contribution in [3.63, 3.8) is 0 Å². The number of carbonyl (C=O) groups excluding carboxylic acids is 2. The molecule has 0 unspecified atom stereocenters. The number of nitrogens with zero attached hydrogens (tertiary/aromatic N) is 1. The van der Waals surface area contributed by atoms with Gasteiger partial charge in [0, 0.05) is 29.6 Å². The van der Waals surface area contributed by atoms with Crippen molar-refractivity contribution in [1.29, 1.82) is 0 Å². The van der Waals surface area contributed by atoms with E-state index in [9.17, 15) is 27.2 Å². The highest BCUT2D eigenvalue weighted by molar-refractivity contribution is 7.13. The van der Waals surface area contributed by atoms with E-state index in [0.717, 1.165) is 35.6 Å². The molecule has 1 heterocycles. The molecule has 10 heteroatoms. The number of alkyl halides is 3. The van der Waals surface area contributed by atoms with E-state index >= 15 is 0 Å². The fourth-order valence-electron chi connectivity index (χ4n) is 2.49. The molecule has 0 saturated carbocycles. The fraction of sp³-hybridized carbons (Fsp3) is 0.150. The average molecular weight is 437 g/mol. The minimum absolute atomic E-state index is 0.0654. The van der Waals surface area contributed by atoms with Crippen molar-refractivity contribution in [3.8, 4) is 10.6 Å². The summed E-state index contributed by atoms with van der Waals surface area (Å²) in [6.07, 6.45) is -4.47. The molecule has 3 aromatic rings. The molecule has 5 nitrogen and oxygen atoms in total. The Kier molecular flexibility index (Phi) is 6.46. The van der Waals surface area contributed by atoms with Crippen LogP contribution in [0.25, 0.3) is 10.6 Å². The van der Waals surface area contributed by atoms with E-state index in [0.29, 0.717) is 10.6 Å². The van der Waals surface area contributed by atoms with Gasteiger partial charge in [-0.25, -0.2) is 9.37 Å². The van der Waals surface area contributed by atoms with Crippen molar-refractivity contribution in [3.05, 3.63) is 76.5 Å². The van der Waals surface area contributed by atoms with Gasteiger partial charge in [0.1, 0.15) is 16.5 Å². The van der Waals surface area contributed by atoms with Crippen LogP contribution in [0.4, 0.5) is 17.6 Å². The summed E-state index contributed by atoms with van der Waals surface area (Å²) in [6, 6.07) is 9.89. The first-order chi connectivity index (χ1) is 14.3. The van der Waals surface area contributed by atoms with Gasteiger partial charge < -0.3 is 10.6 Å². The highest BCUT2D eigenvalue weighted by Crippen LogP contribution is 2.29. The summed E-state index contributed by atoms with van der Waals surface area (Å²) in [4.78, 5) is 28.2. The summed E-state index contributed by atoms with van der Waals surface area (Å²) >= 11 is 1.13. The second-order valence-corrected chi connectivity index (χ2v) is 6.96. The van der Waals surface area contributed by atoms with Crippen LogP contribution < -0.4 is 10.6 Å². The molecule has 156 valence electrons. The number of nitrogens with one attached hydrogen (secondary N) is 2. The number of hydrogen-bond donors (Lipinski definition) is 2. The van der Waals surface area contributed by atoms with Gasteiger partial charge in [-0.2, -0.15) is 13.2 Å². The molecule has 1 aromatic heterocycles. The standard InChI is InChI=1S/C20H15F4N3O2S/c21-15-4-2-1-3-14(15)19-27-16(11-30-19)18(29)26-10-9-25-17(28)12-5-7-13(8-6-12)20(22,23)24/h1-8,11H,9-10H2,(H,25,28)(H,26,29). The van der Waals surface area contributed by atoms with E-state index < -0.39 is 29.4 Å². The molecular formula is C20H15F4N3O2S. The first-order valence-corrected chi connectivity index (χ1v) is 9.58. The summed E-state index contributed by atoms with van der Waals surface area (Å²) in [7, 11) is 0. The van der Waals surface area contributed by atoms with E-state index in [1.54, 1.807) is 18.2 Å². The van der Waals surface area contributed by atoms with Gasteiger partial charge in [-0.3, -0.25) is 9.59 Å². The molecule has 2 aromatic carbocycles. The fourth-order valence-corrected chi connectivity index (χ4v) is 3.32. The number of aromatic nitrogens is 1. The normalized spacial score (nSPS) is 11.2. The molecule has 0 aliphatic carbocycles. The van der Waals surface area contributed by atoms with Crippen molar-refractivity contribution in [2.45, 2.75) is 6.18 Å². The maximum absolute atomic E-state index is 13.8. The molecule has 0 atom stereocenters. The van der Waals surface area contributed by atoms with Crippen molar-refractivity contribution < 1.29 is 27.2 Å². The lowest BCUT2D eigenvalue weighted by atomic mass is 10.1. The van der Waals surface area contributed by atoms with Crippen LogP contribution in [0.1, 0.15) is 26.4 Å². The lowest BCUT2D eigenvalue weighted by molar-refractivity contribution is -0.137. The number of rotatable bonds is 6. The number of hydrogen-bond acceptors (Lipinski definition) is 4. The van der Waals surface area contributed by atoms with Crippen molar-refractivity contribution in [2.24, 2.45) is 0 Å². The number of halogens is 4. The summed E-state index contributed by atoms with van der Waals surface area (Å²) in [6.45, 7) is 0.146. The van der Waals surface area contributed by atoms with Crippen LogP contribution in [-0.4, -0.2) is 29.9 Å². The topological polar surface area (TPSA) is 71.1 Å². The van der Waals surface area contributed by atoms with Crippen molar-refractivity contribution in [2.75, 3.05) is 13.1 Å². The van der Waals surface area contributed by atoms with E-state index in [-0.39, 0.29) is 24.3 Å². The Morgan fingerprint density at radius 2 is 1.57 bits per heavy atom. The predicted octanol–water partition coefficient (Wildman–Crippen LogP) is 4.13. The van der Waals surface area contributed by atoms with Gasteiger partial charge in [0.25, 0.3) is 11.8 Å². The van der Waals surface area contributed by atoms with E-state index in [4.69, 9.17) is 0 Å². The zero-order valence-corrected chi connectivity index (χ0v) is 16.1. The molecule has 3 rings (SSSR count). The summed E-state index contributed by atoms with van der Waals surface area (Å²) in [5, 5.41) is 6.93. The summed E-state index contributed by atoms with van der Waals surface area (Å²) < 4.78 is 51.4. The quantitative estimate of drug-likeness (QED) is 0.450. The van der Waals surface area contributed by atoms with Crippen molar-refractivity contribution in [1.82, 2.24) is 15.6 Å². The Bertz CT molecular complexity index is 1050. The number of carbonyl (C=O) groups is 2. The molecule has 2 amide bonds. The Labute approximate surface area is 172 Å². The Hall–Kier alpha value is -3.27. The number of amides is 2. The van der Waals surface area contributed by atoms with Gasteiger partial charge in [0.15, 0.2) is 0 Å². The third-order valence-electron chi connectivity index (χ3n) is 4.01.